The van der Waals surface area contributed by atoms with Crippen LogP contribution in [0.3, 0.4) is 0 Å². The molecule has 1 unspecified atom stereocenters. The Morgan fingerprint density at radius 1 is 1.33 bits per heavy atom. The molecule has 0 radical (unpaired) electrons. The van der Waals surface area contributed by atoms with Crippen molar-refractivity contribution in [1.82, 2.24) is 9.71 Å². The fraction of sp³-hybridized carbons (Fsp3) is 0.214. The largest absolute Gasteiger partial charge is 0.326 e. The maximum absolute atomic E-state index is 12.4. The average molecular weight is 326 g/mol. The molecule has 112 valence electrons. The standard InChI is InChI=1S/C14H16ClN3O2S/c1-10(13-4-2-3-7-17-13)18-21(19,20)14-6-5-11(9-16)8-12(14)15/h2-8,10,18H,9,16H2,1H3. The van der Waals surface area contributed by atoms with E-state index in [1.807, 2.05) is 0 Å². The summed E-state index contributed by atoms with van der Waals surface area (Å²) in [6, 6.07) is 9.53. The van der Waals surface area contributed by atoms with Crippen LogP contribution in [0.2, 0.25) is 5.02 Å². The van der Waals surface area contributed by atoms with Crippen molar-refractivity contribution >= 4 is 21.6 Å². The van der Waals surface area contributed by atoms with Crippen LogP contribution in [-0.4, -0.2) is 13.4 Å². The van der Waals surface area contributed by atoms with Crippen molar-refractivity contribution in [2.45, 2.75) is 24.4 Å². The summed E-state index contributed by atoms with van der Waals surface area (Å²) in [7, 11) is -3.73. The Balaban J connectivity index is 2.26. The molecule has 1 heterocycles. The van der Waals surface area contributed by atoms with Crippen molar-refractivity contribution in [3.8, 4) is 0 Å². The van der Waals surface area contributed by atoms with E-state index in [0.29, 0.717) is 12.2 Å². The van der Waals surface area contributed by atoms with Gasteiger partial charge in [-0.1, -0.05) is 23.7 Å². The maximum atomic E-state index is 12.4. The summed E-state index contributed by atoms with van der Waals surface area (Å²) in [4.78, 5) is 4.16. The molecule has 1 aromatic heterocycles. The Kier molecular flexibility index (Phi) is 4.95. The Morgan fingerprint density at radius 3 is 2.67 bits per heavy atom. The molecule has 21 heavy (non-hydrogen) atoms. The molecular weight excluding hydrogens is 310 g/mol. The summed E-state index contributed by atoms with van der Waals surface area (Å²) >= 11 is 6.03. The number of aromatic nitrogens is 1. The Hall–Kier alpha value is -1.47. The van der Waals surface area contributed by atoms with Crippen LogP contribution in [0.1, 0.15) is 24.2 Å². The number of hydrogen-bond acceptors (Lipinski definition) is 4. The van der Waals surface area contributed by atoms with Crippen LogP contribution in [0.4, 0.5) is 0 Å². The van der Waals surface area contributed by atoms with Crippen molar-refractivity contribution in [3.63, 3.8) is 0 Å². The number of nitrogens with zero attached hydrogens (tertiary/aromatic N) is 1. The summed E-state index contributed by atoms with van der Waals surface area (Å²) in [5.74, 6) is 0. The second-order valence-electron chi connectivity index (χ2n) is 4.57. The van der Waals surface area contributed by atoms with Crippen molar-refractivity contribution < 1.29 is 8.42 Å². The molecule has 0 spiro atoms. The van der Waals surface area contributed by atoms with Gasteiger partial charge in [0.05, 0.1) is 16.8 Å². The van der Waals surface area contributed by atoms with E-state index in [-0.39, 0.29) is 9.92 Å². The first-order valence-electron chi connectivity index (χ1n) is 6.36. The SMILES string of the molecule is CC(NS(=O)(=O)c1ccc(CN)cc1Cl)c1ccccn1. The van der Waals surface area contributed by atoms with E-state index in [1.165, 1.54) is 6.07 Å². The number of benzene rings is 1. The minimum absolute atomic E-state index is 0.0316. The van der Waals surface area contributed by atoms with Crippen molar-refractivity contribution in [2.75, 3.05) is 0 Å². The van der Waals surface area contributed by atoms with Gasteiger partial charge < -0.3 is 5.73 Å². The Morgan fingerprint density at radius 2 is 2.10 bits per heavy atom. The van der Waals surface area contributed by atoms with Gasteiger partial charge in [-0.15, -0.1) is 0 Å². The molecule has 1 atom stereocenters. The number of halogens is 1. The molecule has 2 rings (SSSR count). The normalized spacial score (nSPS) is 13.1. The molecule has 0 aliphatic heterocycles. The molecule has 3 N–H and O–H groups in total. The van der Waals surface area contributed by atoms with E-state index in [0.717, 1.165) is 5.56 Å². The van der Waals surface area contributed by atoms with Gasteiger partial charge in [0.15, 0.2) is 0 Å². The zero-order chi connectivity index (χ0) is 15.5. The van der Waals surface area contributed by atoms with Crippen LogP contribution in [0.25, 0.3) is 0 Å². The lowest BCUT2D eigenvalue weighted by molar-refractivity contribution is 0.564. The van der Waals surface area contributed by atoms with Crippen LogP contribution < -0.4 is 10.5 Å². The third kappa shape index (κ3) is 3.79. The topological polar surface area (TPSA) is 85.1 Å². The number of nitrogens with two attached hydrogens (primary N) is 1. The highest BCUT2D eigenvalue weighted by atomic mass is 35.5. The van der Waals surface area contributed by atoms with E-state index in [4.69, 9.17) is 17.3 Å². The zero-order valence-electron chi connectivity index (χ0n) is 11.5. The van der Waals surface area contributed by atoms with Crippen LogP contribution in [0, 0.1) is 0 Å². The molecule has 1 aromatic carbocycles. The van der Waals surface area contributed by atoms with Crippen LogP contribution in [0.5, 0.6) is 0 Å². The number of nitrogens with one attached hydrogen (secondary N) is 1. The highest BCUT2D eigenvalue weighted by Crippen LogP contribution is 2.24. The first-order chi connectivity index (χ1) is 9.94. The molecule has 0 aliphatic carbocycles. The molecule has 0 amide bonds. The van der Waals surface area contributed by atoms with Gasteiger partial charge in [-0.3, -0.25) is 4.98 Å². The summed E-state index contributed by atoms with van der Waals surface area (Å²) in [6.07, 6.45) is 1.61. The molecule has 0 bridgehead atoms. The van der Waals surface area contributed by atoms with Crippen LogP contribution in [-0.2, 0) is 16.6 Å². The van der Waals surface area contributed by atoms with Gasteiger partial charge in [-0.25, -0.2) is 13.1 Å². The lowest BCUT2D eigenvalue weighted by Gasteiger charge is -2.14. The Bertz CT molecular complexity index is 720. The fourth-order valence-electron chi connectivity index (χ4n) is 1.88. The van der Waals surface area contributed by atoms with E-state index in [2.05, 4.69) is 9.71 Å². The lowest BCUT2D eigenvalue weighted by atomic mass is 10.2. The van der Waals surface area contributed by atoms with Crippen LogP contribution in [0.15, 0.2) is 47.5 Å². The lowest BCUT2D eigenvalue weighted by Crippen LogP contribution is -2.27. The van der Waals surface area contributed by atoms with Gasteiger partial charge in [-0.05, 0) is 36.8 Å². The van der Waals surface area contributed by atoms with E-state index < -0.39 is 16.1 Å². The van der Waals surface area contributed by atoms with Crippen molar-refractivity contribution in [2.24, 2.45) is 5.73 Å². The molecule has 0 fully saturated rings. The Labute approximate surface area is 129 Å². The summed E-state index contributed by atoms with van der Waals surface area (Å²) in [6.45, 7) is 2.03. The molecular formula is C14H16ClN3O2S. The molecule has 0 saturated heterocycles. The van der Waals surface area contributed by atoms with Crippen molar-refractivity contribution in [3.05, 3.63) is 58.9 Å². The van der Waals surface area contributed by atoms with Crippen LogP contribution >= 0.6 is 11.6 Å². The van der Waals surface area contributed by atoms with E-state index in [1.54, 1.807) is 43.5 Å². The predicted molar refractivity (Wildman–Crippen MR) is 82.3 cm³/mol. The smallest absolute Gasteiger partial charge is 0.242 e. The highest BCUT2D eigenvalue weighted by Gasteiger charge is 2.21. The fourth-order valence-corrected chi connectivity index (χ4v) is 3.66. The summed E-state index contributed by atoms with van der Waals surface area (Å²) < 4.78 is 27.3. The molecule has 5 nitrogen and oxygen atoms in total. The summed E-state index contributed by atoms with van der Waals surface area (Å²) in [5.41, 5.74) is 6.91. The third-order valence-corrected chi connectivity index (χ3v) is 5.01. The zero-order valence-corrected chi connectivity index (χ0v) is 13.0. The predicted octanol–water partition coefficient (Wildman–Crippen LogP) is 2.23. The van der Waals surface area contributed by atoms with Gasteiger partial charge in [0, 0.05) is 12.7 Å². The molecule has 0 saturated carbocycles. The number of hydrogen-bond donors (Lipinski definition) is 2. The molecule has 0 aliphatic rings. The van der Waals surface area contributed by atoms with Gasteiger partial charge in [-0.2, -0.15) is 0 Å². The number of pyridine rings is 1. The molecule has 7 heteroatoms. The van der Waals surface area contributed by atoms with Gasteiger partial charge in [0.25, 0.3) is 0 Å². The number of sulfonamides is 1. The van der Waals surface area contributed by atoms with E-state index in [9.17, 15) is 8.42 Å². The second kappa shape index (κ2) is 6.53. The maximum Gasteiger partial charge on any atom is 0.242 e. The van der Waals surface area contributed by atoms with E-state index >= 15 is 0 Å². The minimum Gasteiger partial charge on any atom is -0.326 e. The average Bonchev–Trinajstić information content (AvgIpc) is 2.47. The minimum atomic E-state index is -3.73. The monoisotopic (exact) mass is 325 g/mol. The van der Waals surface area contributed by atoms with Crippen molar-refractivity contribution in [1.29, 1.82) is 0 Å². The third-order valence-electron chi connectivity index (χ3n) is 2.98. The quantitative estimate of drug-likeness (QED) is 0.882. The second-order valence-corrected chi connectivity index (χ2v) is 6.66. The van der Waals surface area contributed by atoms with Gasteiger partial charge in [0.1, 0.15) is 4.90 Å². The van der Waals surface area contributed by atoms with Gasteiger partial charge >= 0.3 is 0 Å². The number of rotatable bonds is 5. The first-order valence-corrected chi connectivity index (χ1v) is 8.22. The molecule has 2 aromatic rings. The first kappa shape index (κ1) is 15.9. The van der Waals surface area contributed by atoms with Gasteiger partial charge in [0.2, 0.25) is 10.0 Å². The summed E-state index contributed by atoms with van der Waals surface area (Å²) in [5, 5.41) is 0.152. The highest BCUT2D eigenvalue weighted by molar-refractivity contribution is 7.89.